The molecule has 9 nitrogen and oxygen atoms in total. The molecule has 1 aliphatic heterocycles. The minimum atomic E-state index is -0.331. The van der Waals surface area contributed by atoms with E-state index in [9.17, 15) is 4.79 Å². The molecule has 4 rings (SSSR count). The van der Waals surface area contributed by atoms with Crippen LogP contribution in [0.1, 0.15) is 23.3 Å². The van der Waals surface area contributed by atoms with Gasteiger partial charge >= 0.3 is 6.01 Å². The van der Waals surface area contributed by atoms with Crippen LogP contribution < -0.4 is 19.1 Å². The Morgan fingerprint density at radius 1 is 1.20 bits per heavy atom. The van der Waals surface area contributed by atoms with Gasteiger partial charge in [0.2, 0.25) is 5.88 Å². The van der Waals surface area contributed by atoms with Crippen molar-refractivity contribution in [3.05, 3.63) is 30.0 Å². The molecule has 0 radical (unpaired) electrons. The second-order valence-corrected chi connectivity index (χ2v) is 7.65. The van der Waals surface area contributed by atoms with Gasteiger partial charge in [0, 0.05) is 12.7 Å². The van der Waals surface area contributed by atoms with Crippen LogP contribution in [0.3, 0.4) is 0 Å². The lowest BCUT2D eigenvalue weighted by Crippen LogP contribution is -2.38. The molecule has 1 atom stereocenters. The molecule has 3 aromatic rings. The predicted molar refractivity (Wildman–Crippen MR) is 112 cm³/mol. The normalized spacial score (nSPS) is 15.9. The van der Waals surface area contributed by atoms with Crippen molar-refractivity contribution in [2.24, 2.45) is 0 Å². The Morgan fingerprint density at radius 3 is 2.77 bits per heavy atom. The first kappa shape index (κ1) is 20.3. The number of benzene rings is 1. The smallest absolute Gasteiger partial charge is 0.320 e. The monoisotopic (exact) mass is 430 g/mol. The Bertz CT molecular complexity index is 1030. The van der Waals surface area contributed by atoms with Crippen LogP contribution in [0.25, 0.3) is 10.2 Å². The summed E-state index contributed by atoms with van der Waals surface area (Å²) >= 11 is 1.41. The van der Waals surface area contributed by atoms with E-state index in [0.29, 0.717) is 29.5 Å². The highest BCUT2D eigenvalue weighted by Crippen LogP contribution is 2.35. The second-order valence-electron chi connectivity index (χ2n) is 6.64. The number of rotatable bonds is 7. The van der Waals surface area contributed by atoms with E-state index in [1.165, 1.54) is 31.6 Å². The first-order chi connectivity index (χ1) is 14.6. The molecule has 0 aliphatic carbocycles. The van der Waals surface area contributed by atoms with Crippen LogP contribution >= 0.6 is 11.3 Å². The first-order valence-corrected chi connectivity index (χ1v) is 10.3. The zero-order chi connectivity index (χ0) is 21.1. The van der Waals surface area contributed by atoms with E-state index >= 15 is 0 Å². The maximum Gasteiger partial charge on any atom is 0.320 e. The molecule has 1 fully saturated rings. The third-order valence-electron chi connectivity index (χ3n) is 4.77. The minimum Gasteiger partial charge on any atom is -0.494 e. The minimum absolute atomic E-state index is 0.0562. The molecule has 30 heavy (non-hydrogen) atoms. The number of amides is 1. The van der Waals surface area contributed by atoms with Crippen LogP contribution in [0.15, 0.2) is 24.3 Å². The average molecular weight is 430 g/mol. The summed E-state index contributed by atoms with van der Waals surface area (Å²) in [7, 11) is 4.51. The van der Waals surface area contributed by atoms with Gasteiger partial charge in [-0.3, -0.25) is 9.69 Å². The van der Waals surface area contributed by atoms with Crippen molar-refractivity contribution in [3.63, 3.8) is 0 Å². The summed E-state index contributed by atoms with van der Waals surface area (Å²) in [5.74, 6) is 0.570. The van der Waals surface area contributed by atoms with E-state index in [2.05, 4.69) is 9.97 Å². The van der Waals surface area contributed by atoms with E-state index in [1.807, 2.05) is 18.2 Å². The largest absolute Gasteiger partial charge is 0.494 e. The number of nitrogens with zero attached hydrogens (tertiary/aromatic N) is 4. The van der Waals surface area contributed by atoms with E-state index in [4.69, 9.17) is 23.9 Å². The van der Waals surface area contributed by atoms with Gasteiger partial charge in [-0.05, 0) is 25.0 Å². The Labute approximate surface area is 177 Å². The van der Waals surface area contributed by atoms with Gasteiger partial charge in [-0.15, -0.1) is 0 Å². The zero-order valence-corrected chi connectivity index (χ0v) is 17.8. The third-order valence-corrected chi connectivity index (χ3v) is 5.81. The van der Waals surface area contributed by atoms with Crippen molar-refractivity contribution in [2.75, 3.05) is 39.4 Å². The molecule has 1 aliphatic rings. The van der Waals surface area contributed by atoms with Crippen molar-refractivity contribution >= 4 is 32.6 Å². The van der Waals surface area contributed by atoms with Gasteiger partial charge in [0.1, 0.15) is 17.0 Å². The van der Waals surface area contributed by atoms with Gasteiger partial charge < -0.3 is 18.9 Å². The number of methoxy groups -OCH3 is 3. The quantitative estimate of drug-likeness (QED) is 0.565. The number of carbonyl (C=O) groups is 1. The SMILES string of the molecule is COc1cc(C(=O)N(CC2CCCO2)c2nc3c(OC)cccc3s2)nc(OC)n1. The zero-order valence-electron chi connectivity index (χ0n) is 17.0. The number of thiazole rings is 1. The molecule has 2 aromatic heterocycles. The number of hydrogen-bond acceptors (Lipinski definition) is 9. The van der Waals surface area contributed by atoms with Crippen molar-refractivity contribution in [1.82, 2.24) is 15.0 Å². The summed E-state index contributed by atoms with van der Waals surface area (Å²) < 4.78 is 22.4. The van der Waals surface area contributed by atoms with Crippen LogP contribution in [0.5, 0.6) is 17.6 Å². The van der Waals surface area contributed by atoms with Crippen molar-refractivity contribution in [1.29, 1.82) is 0 Å². The number of para-hydroxylation sites is 1. The van der Waals surface area contributed by atoms with Gasteiger partial charge in [-0.2, -0.15) is 9.97 Å². The highest BCUT2D eigenvalue weighted by molar-refractivity contribution is 7.22. The molecule has 0 bridgehead atoms. The number of hydrogen-bond donors (Lipinski definition) is 0. The van der Waals surface area contributed by atoms with Gasteiger partial charge in [0.15, 0.2) is 5.13 Å². The van der Waals surface area contributed by atoms with Crippen LogP contribution in [-0.2, 0) is 4.74 Å². The van der Waals surface area contributed by atoms with Crippen molar-refractivity contribution in [2.45, 2.75) is 18.9 Å². The number of carbonyl (C=O) groups excluding carboxylic acids is 1. The fourth-order valence-electron chi connectivity index (χ4n) is 3.28. The molecule has 1 unspecified atom stereocenters. The number of fused-ring (bicyclic) bond motifs is 1. The molecular formula is C20H22N4O5S. The Kier molecular flexibility index (Phi) is 5.96. The fraction of sp³-hybridized carbons (Fsp3) is 0.400. The lowest BCUT2D eigenvalue weighted by molar-refractivity contribution is 0.0912. The summed E-state index contributed by atoms with van der Waals surface area (Å²) in [6, 6.07) is 7.24. The molecule has 0 saturated carbocycles. The van der Waals surface area contributed by atoms with Crippen LogP contribution in [0.4, 0.5) is 5.13 Å². The van der Waals surface area contributed by atoms with Gasteiger partial charge in [-0.25, -0.2) is 4.98 Å². The summed E-state index contributed by atoms with van der Waals surface area (Å²) in [6.07, 6.45) is 1.79. The highest BCUT2D eigenvalue weighted by atomic mass is 32.1. The van der Waals surface area contributed by atoms with E-state index in [0.717, 1.165) is 17.5 Å². The molecule has 10 heteroatoms. The van der Waals surface area contributed by atoms with Crippen molar-refractivity contribution < 1.29 is 23.7 Å². The number of ether oxygens (including phenoxy) is 4. The van der Waals surface area contributed by atoms with E-state index in [1.54, 1.807) is 12.0 Å². The highest BCUT2D eigenvalue weighted by Gasteiger charge is 2.29. The predicted octanol–water partition coefficient (Wildman–Crippen LogP) is 2.94. The van der Waals surface area contributed by atoms with Gasteiger partial charge in [-0.1, -0.05) is 17.4 Å². The average Bonchev–Trinajstić information content (AvgIpc) is 3.45. The maximum absolute atomic E-state index is 13.5. The maximum atomic E-state index is 13.5. The van der Waals surface area contributed by atoms with Crippen LogP contribution in [-0.4, -0.2) is 61.4 Å². The molecule has 158 valence electrons. The van der Waals surface area contributed by atoms with Crippen LogP contribution in [0, 0.1) is 0 Å². The molecular weight excluding hydrogens is 408 g/mol. The first-order valence-electron chi connectivity index (χ1n) is 9.47. The van der Waals surface area contributed by atoms with Gasteiger partial charge in [0.25, 0.3) is 5.91 Å². The lowest BCUT2D eigenvalue weighted by Gasteiger charge is -2.22. The van der Waals surface area contributed by atoms with Gasteiger partial charge in [0.05, 0.1) is 38.7 Å². The number of aromatic nitrogens is 3. The summed E-state index contributed by atoms with van der Waals surface area (Å²) in [5, 5.41) is 0.548. The molecule has 3 heterocycles. The summed E-state index contributed by atoms with van der Waals surface area (Å²) in [5.41, 5.74) is 0.867. The molecule has 1 aromatic carbocycles. The Hall–Kier alpha value is -2.98. The molecule has 0 spiro atoms. The number of anilines is 1. The topological polar surface area (TPSA) is 95.9 Å². The Balaban J connectivity index is 1.75. The molecule has 1 saturated heterocycles. The lowest BCUT2D eigenvalue weighted by atomic mass is 10.2. The third kappa shape index (κ3) is 4.01. The van der Waals surface area contributed by atoms with E-state index < -0.39 is 0 Å². The second kappa shape index (κ2) is 8.80. The fourth-order valence-corrected chi connectivity index (χ4v) is 4.27. The summed E-state index contributed by atoms with van der Waals surface area (Å²) in [6.45, 7) is 1.06. The molecule has 1 amide bonds. The van der Waals surface area contributed by atoms with Crippen molar-refractivity contribution in [3.8, 4) is 17.6 Å². The standard InChI is InChI=1S/C20H22N4O5S/c1-26-14-7-4-8-15-17(14)23-20(30-15)24(11-12-6-5-9-29-12)18(25)13-10-16(27-2)22-19(21-13)28-3/h4,7-8,10,12H,5-6,9,11H2,1-3H3. The van der Waals surface area contributed by atoms with Crippen LogP contribution in [0.2, 0.25) is 0 Å². The Morgan fingerprint density at radius 2 is 2.07 bits per heavy atom. The summed E-state index contributed by atoms with van der Waals surface area (Å²) in [4.78, 5) is 28.1. The molecule has 0 N–H and O–H groups in total. The van der Waals surface area contributed by atoms with E-state index in [-0.39, 0.29) is 29.6 Å².